The van der Waals surface area contributed by atoms with Crippen LogP contribution >= 0.6 is 28.1 Å². The lowest BCUT2D eigenvalue weighted by atomic mass is 10.2. The lowest BCUT2D eigenvalue weighted by molar-refractivity contribution is 0.564. The van der Waals surface area contributed by atoms with Gasteiger partial charge < -0.3 is 15.5 Å². The summed E-state index contributed by atoms with van der Waals surface area (Å²) in [5.74, 6) is 0. The average molecular weight is 311 g/mol. The SMILES string of the molecule is NC(=S)c1ccc(NCc2ccoc2)c(Br)c1. The number of nitrogens with two attached hydrogens (primary N) is 1. The highest BCUT2D eigenvalue weighted by atomic mass is 79.9. The minimum atomic E-state index is 0.395. The van der Waals surface area contributed by atoms with Crippen LogP contribution in [-0.2, 0) is 6.54 Å². The molecule has 1 aromatic carbocycles. The fraction of sp³-hybridized carbons (Fsp3) is 0.0833. The van der Waals surface area contributed by atoms with Crippen LogP contribution < -0.4 is 11.1 Å². The number of hydrogen-bond donors (Lipinski definition) is 2. The van der Waals surface area contributed by atoms with Gasteiger partial charge in [0.2, 0.25) is 0 Å². The normalized spacial score (nSPS) is 10.2. The summed E-state index contributed by atoms with van der Waals surface area (Å²) in [6.07, 6.45) is 3.37. The lowest BCUT2D eigenvalue weighted by Gasteiger charge is -2.08. The molecule has 0 aliphatic rings. The molecule has 0 aliphatic carbocycles. The van der Waals surface area contributed by atoms with E-state index in [0.29, 0.717) is 11.5 Å². The third-order valence-electron chi connectivity index (χ3n) is 2.32. The molecule has 5 heteroatoms. The van der Waals surface area contributed by atoms with E-state index in [1.165, 1.54) is 0 Å². The monoisotopic (exact) mass is 310 g/mol. The van der Waals surface area contributed by atoms with Gasteiger partial charge in [-0.05, 0) is 40.2 Å². The van der Waals surface area contributed by atoms with Crippen LogP contribution in [0.2, 0.25) is 0 Å². The molecule has 0 saturated carbocycles. The van der Waals surface area contributed by atoms with Crippen LogP contribution in [0, 0.1) is 0 Å². The first-order valence-electron chi connectivity index (χ1n) is 5.01. The van der Waals surface area contributed by atoms with E-state index in [-0.39, 0.29) is 0 Å². The van der Waals surface area contributed by atoms with Gasteiger partial charge in [-0.1, -0.05) is 12.2 Å². The summed E-state index contributed by atoms with van der Waals surface area (Å²) in [5, 5.41) is 3.29. The Morgan fingerprint density at radius 2 is 2.24 bits per heavy atom. The van der Waals surface area contributed by atoms with E-state index in [2.05, 4.69) is 21.2 Å². The second kappa shape index (κ2) is 5.33. The van der Waals surface area contributed by atoms with Gasteiger partial charge in [0.15, 0.2) is 0 Å². The van der Waals surface area contributed by atoms with Gasteiger partial charge in [-0.3, -0.25) is 0 Å². The van der Waals surface area contributed by atoms with Gasteiger partial charge in [0, 0.05) is 27.8 Å². The zero-order valence-corrected chi connectivity index (χ0v) is 11.3. The van der Waals surface area contributed by atoms with Gasteiger partial charge in [0.25, 0.3) is 0 Å². The van der Waals surface area contributed by atoms with Crippen molar-refractivity contribution in [1.82, 2.24) is 0 Å². The predicted molar refractivity (Wildman–Crippen MR) is 76.1 cm³/mol. The first kappa shape index (κ1) is 12.1. The number of thiocarbonyl (C=S) groups is 1. The van der Waals surface area contributed by atoms with Gasteiger partial charge in [-0.25, -0.2) is 0 Å². The van der Waals surface area contributed by atoms with Gasteiger partial charge >= 0.3 is 0 Å². The highest BCUT2D eigenvalue weighted by molar-refractivity contribution is 9.10. The van der Waals surface area contributed by atoms with Crippen molar-refractivity contribution in [3.63, 3.8) is 0 Å². The molecule has 0 amide bonds. The Bertz CT molecular complexity index is 525. The zero-order chi connectivity index (χ0) is 12.3. The molecule has 2 aromatic rings. The molecule has 0 aliphatic heterocycles. The second-order valence-electron chi connectivity index (χ2n) is 3.54. The molecule has 0 spiro atoms. The van der Waals surface area contributed by atoms with E-state index in [9.17, 15) is 0 Å². The maximum absolute atomic E-state index is 5.56. The van der Waals surface area contributed by atoms with Crippen molar-refractivity contribution in [2.75, 3.05) is 5.32 Å². The summed E-state index contributed by atoms with van der Waals surface area (Å²) < 4.78 is 5.93. The Balaban J connectivity index is 2.09. The van der Waals surface area contributed by atoms with E-state index in [1.54, 1.807) is 12.5 Å². The number of anilines is 1. The van der Waals surface area contributed by atoms with E-state index >= 15 is 0 Å². The van der Waals surface area contributed by atoms with Gasteiger partial charge in [-0.15, -0.1) is 0 Å². The molecule has 1 aromatic heterocycles. The smallest absolute Gasteiger partial charge is 0.104 e. The van der Waals surface area contributed by atoms with Crippen LogP contribution in [0.3, 0.4) is 0 Å². The molecular weight excluding hydrogens is 300 g/mol. The molecule has 0 fully saturated rings. The molecule has 17 heavy (non-hydrogen) atoms. The van der Waals surface area contributed by atoms with E-state index in [0.717, 1.165) is 21.3 Å². The Hall–Kier alpha value is -1.33. The topological polar surface area (TPSA) is 51.2 Å². The van der Waals surface area contributed by atoms with Crippen LogP contribution in [0.25, 0.3) is 0 Å². The van der Waals surface area contributed by atoms with Crippen molar-refractivity contribution < 1.29 is 4.42 Å². The molecule has 0 unspecified atom stereocenters. The van der Waals surface area contributed by atoms with Gasteiger partial charge in [-0.2, -0.15) is 0 Å². The fourth-order valence-corrected chi connectivity index (χ4v) is 2.05. The minimum absolute atomic E-state index is 0.395. The number of halogens is 1. The maximum Gasteiger partial charge on any atom is 0.104 e. The van der Waals surface area contributed by atoms with Gasteiger partial charge in [0.1, 0.15) is 4.99 Å². The van der Waals surface area contributed by atoms with E-state index in [1.807, 2.05) is 24.3 Å². The molecule has 3 N–H and O–H groups in total. The molecule has 2 rings (SSSR count). The second-order valence-corrected chi connectivity index (χ2v) is 4.84. The van der Waals surface area contributed by atoms with Gasteiger partial charge in [0.05, 0.1) is 12.5 Å². The van der Waals surface area contributed by atoms with Crippen LogP contribution in [0.15, 0.2) is 45.7 Å². The van der Waals surface area contributed by atoms with Crippen LogP contribution in [0.4, 0.5) is 5.69 Å². The molecular formula is C12H11BrN2OS. The number of furan rings is 1. The minimum Gasteiger partial charge on any atom is -0.472 e. The highest BCUT2D eigenvalue weighted by Gasteiger charge is 2.03. The first-order valence-corrected chi connectivity index (χ1v) is 6.21. The first-order chi connectivity index (χ1) is 8.16. The zero-order valence-electron chi connectivity index (χ0n) is 8.94. The van der Waals surface area contributed by atoms with Crippen molar-refractivity contribution in [3.05, 3.63) is 52.4 Å². The largest absolute Gasteiger partial charge is 0.472 e. The summed E-state index contributed by atoms with van der Waals surface area (Å²) in [4.78, 5) is 0.395. The average Bonchev–Trinajstić information content (AvgIpc) is 2.80. The molecule has 88 valence electrons. The summed E-state index contributed by atoms with van der Waals surface area (Å²) in [6.45, 7) is 0.710. The number of benzene rings is 1. The summed E-state index contributed by atoms with van der Waals surface area (Å²) in [7, 11) is 0. The standard InChI is InChI=1S/C12H11BrN2OS/c13-10-5-9(12(14)17)1-2-11(10)15-6-8-3-4-16-7-8/h1-5,7,15H,6H2,(H2,14,17). The van der Waals surface area contributed by atoms with Crippen molar-refractivity contribution in [2.24, 2.45) is 5.73 Å². The number of nitrogens with one attached hydrogen (secondary N) is 1. The molecule has 1 heterocycles. The molecule has 3 nitrogen and oxygen atoms in total. The molecule has 0 saturated heterocycles. The summed E-state index contributed by atoms with van der Waals surface area (Å²) >= 11 is 8.40. The van der Waals surface area contributed by atoms with Crippen LogP contribution in [0.1, 0.15) is 11.1 Å². The summed E-state index contributed by atoms with van der Waals surface area (Å²) in [6, 6.07) is 7.66. The quantitative estimate of drug-likeness (QED) is 0.851. The number of hydrogen-bond acceptors (Lipinski definition) is 3. The Morgan fingerprint density at radius 3 is 2.82 bits per heavy atom. The van der Waals surface area contributed by atoms with Crippen molar-refractivity contribution in [2.45, 2.75) is 6.54 Å². The van der Waals surface area contributed by atoms with Crippen LogP contribution in [0.5, 0.6) is 0 Å². The Kier molecular flexibility index (Phi) is 3.81. The lowest BCUT2D eigenvalue weighted by Crippen LogP contribution is -2.09. The molecule has 0 atom stereocenters. The third kappa shape index (κ3) is 3.08. The van der Waals surface area contributed by atoms with Crippen molar-refractivity contribution in [3.8, 4) is 0 Å². The fourth-order valence-electron chi connectivity index (χ4n) is 1.40. The highest BCUT2D eigenvalue weighted by Crippen LogP contribution is 2.24. The van der Waals surface area contributed by atoms with E-state index < -0.39 is 0 Å². The van der Waals surface area contributed by atoms with Crippen molar-refractivity contribution in [1.29, 1.82) is 0 Å². The van der Waals surface area contributed by atoms with E-state index in [4.69, 9.17) is 22.4 Å². The number of rotatable bonds is 4. The Morgan fingerprint density at radius 1 is 1.41 bits per heavy atom. The Labute approximate surface area is 113 Å². The van der Waals surface area contributed by atoms with Crippen LogP contribution in [-0.4, -0.2) is 4.99 Å². The molecule has 0 radical (unpaired) electrons. The third-order valence-corrected chi connectivity index (χ3v) is 3.21. The summed E-state index contributed by atoms with van der Waals surface area (Å²) in [5.41, 5.74) is 8.49. The predicted octanol–water partition coefficient (Wildman–Crippen LogP) is 3.29. The van der Waals surface area contributed by atoms with Crippen molar-refractivity contribution >= 4 is 38.8 Å². The maximum atomic E-state index is 5.56. The molecule has 0 bridgehead atoms.